The highest BCUT2D eigenvalue weighted by atomic mass is 32.1. The standard InChI is InChI=1S/C25H24N4O6S/c1-15-6-7-16(2)19(10-15)27-25-28(26-13-18-8-9-23(35-18)29(30)31)20(14-36-25)17-11-21(32-3)24(34-5)22(12-17)33-4/h6-14H,1-5H3. The molecule has 2 aromatic carbocycles. The zero-order chi connectivity index (χ0) is 25.8. The number of ether oxygens (including phenoxy) is 3. The zero-order valence-electron chi connectivity index (χ0n) is 20.3. The van der Waals surface area contributed by atoms with Crippen molar-refractivity contribution in [3.63, 3.8) is 0 Å². The number of hydrogen-bond donors (Lipinski definition) is 0. The van der Waals surface area contributed by atoms with Crippen LogP contribution in [0.1, 0.15) is 16.9 Å². The second-order valence-corrected chi connectivity index (χ2v) is 8.55. The quantitative estimate of drug-likeness (QED) is 0.177. The molecule has 2 aromatic heterocycles. The Morgan fingerprint density at radius 2 is 1.75 bits per heavy atom. The van der Waals surface area contributed by atoms with E-state index < -0.39 is 4.92 Å². The lowest BCUT2D eigenvalue weighted by molar-refractivity contribution is -0.402. The molecular formula is C25H24N4O6S. The Balaban J connectivity index is 1.91. The van der Waals surface area contributed by atoms with Crippen LogP contribution in [0.3, 0.4) is 0 Å². The van der Waals surface area contributed by atoms with Crippen molar-refractivity contribution in [1.29, 1.82) is 0 Å². The first kappa shape index (κ1) is 24.7. The number of nitro groups is 1. The van der Waals surface area contributed by atoms with Gasteiger partial charge in [0.15, 0.2) is 17.3 Å². The third-order valence-corrected chi connectivity index (χ3v) is 6.14. The van der Waals surface area contributed by atoms with E-state index in [9.17, 15) is 10.1 Å². The Hall–Kier alpha value is -4.38. The number of aromatic nitrogens is 1. The topological polar surface area (TPSA) is 114 Å². The molecule has 4 rings (SSSR count). The SMILES string of the molecule is COc1cc(-c2csc(=Nc3cc(C)ccc3C)n2N=Cc2ccc([N+](=O)[O-])o2)cc(OC)c1OC. The molecule has 0 aliphatic heterocycles. The van der Waals surface area contributed by atoms with Gasteiger partial charge < -0.3 is 18.6 Å². The van der Waals surface area contributed by atoms with Crippen LogP contribution in [0.4, 0.5) is 11.6 Å². The number of aryl methyl sites for hydroxylation is 2. The van der Waals surface area contributed by atoms with Crippen molar-refractivity contribution in [2.75, 3.05) is 21.3 Å². The van der Waals surface area contributed by atoms with Gasteiger partial charge in [-0.3, -0.25) is 10.1 Å². The minimum Gasteiger partial charge on any atom is -0.493 e. The Morgan fingerprint density at radius 3 is 2.36 bits per heavy atom. The number of thiazole rings is 1. The fraction of sp³-hybridized carbons (Fsp3) is 0.200. The van der Waals surface area contributed by atoms with Crippen LogP contribution in [-0.2, 0) is 0 Å². The molecular weight excluding hydrogens is 484 g/mol. The fourth-order valence-electron chi connectivity index (χ4n) is 3.48. The van der Waals surface area contributed by atoms with Gasteiger partial charge in [-0.2, -0.15) is 5.10 Å². The molecule has 0 amide bonds. The van der Waals surface area contributed by atoms with E-state index in [0.717, 1.165) is 22.4 Å². The molecule has 36 heavy (non-hydrogen) atoms. The molecule has 0 bridgehead atoms. The summed E-state index contributed by atoms with van der Waals surface area (Å²) in [4.78, 5) is 15.8. The van der Waals surface area contributed by atoms with Gasteiger partial charge in [-0.1, -0.05) is 12.1 Å². The minimum atomic E-state index is -0.600. The molecule has 0 aliphatic carbocycles. The molecule has 186 valence electrons. The highest BCUT2D eigenvalue weighted by Crippen LogP contribution is 2.41. The Bertz CT molecular complexity index is 1490. The molecule has 0 spiro atoms. The summed E-state index contributed by atoms with van der Waals surface area (Å²) in [5, 5.41) is 17.5. The Kier molecular flexibility index (Phi) is 7.20. The summed E-state index contributed by atoms with van der Waals surface area (Å²) in [5.74, 6) is 1.31. The second kappa shape index (κ2) is 10.5. The molecule has 0 saturated heterocycles. The van der Waals surface area contributed by atoms with E-state index in [0.29, 0.717) is 27.7 Å². The van der Waals surface area contributed by atoms with Crippen molar-refractivity contribution in [1.82, 2.24) is 4.68 Å². The first-order valence-electron chi connectivity index (χ1n) is 10.8. The van der Waals surface area contributed by atoms with E-state index in [1.54, 1.807) is 26.0 Å². The van der Waals surface area contributed by atoms with Crippen molar-refractivity contribution in [2.45, 2.75) is 13.8 Å². The van der Waals surface area contributed by atoms with Gasteiger partial charge in [-0.05, 0) is 49.2 Å². The van der Waals surface area contributed by atoms with E-state index in [1.807, 2.05) is 49.6 Å². The molecule has 0 fully saturated rings. The molecule has 4 aromatic rings. The maximum Gasteiger partial charge on any atom is 0.433 e. The lowest BCUT2D eigenvalue weighted by Crippen LogP contribution is -2.12. The first-order valence-corrected chi connectivity index (χ1v) is 11.6. The Labute approximate surface area is 210 Å². The maximum atomic E-state index is 11.0. The normalized spacial score (nSPS) is 11.8. The van der Waals surface area contributed by atoms with Gasteiger partial charge in [0.2, 0.25) is 10.6 Å². The van der Waals surface area contributed by atoms with Gasteiger partial charge in [-0.25, -0.2) is 9.67 Å². The largest absolute Gasteiger partial charge is 0.493 e. The van der Waals surface area contributed by atoms with Gasteiger partial charge in [-0.15, -0.1) is 11.3 Å². The number of furan rings is 1. The second-order valence-electron chi connectivity index (χ2n) is 7.71. The van der Waals surface area contributed by atoms with E-state index in [4.69, 9.17) is 23.6 Å². The summed E-state index contributed by atoms with van der Waals surface area (Å²) < 4.78 is 23.4. The van der Waals surface area contributed by atoms with Crippen LogP contribution in [0.2, 0.25) is 0 Å². The smallest absolute Gasteiger partial charge is 0.433 e. The minimum absolute atomic E-state index is 0.230. The van der Waals surface area contributed by atoms with Crippen LogP contribution in [0.5, 0.6) is 17.2 Å². The summed E-state index contributed by atoms with van der Waals surface area (Å²) in [6.45, 7) is 3.99. The highest BCUT2D eigenvalue weighted by molar-refractivity contribution is 7.07. The van der Waals surface area contributed by atoms with Crippen LogP contribution in [0, 0.1) is 24.0 Å². The molecule has 10 nitrogen and oxygen atoms in total. The van der Waals surface area contributed by atoms with Crippen LogP contribution >= 0.6 is 11.3 Å². The predicted molar refractivity (Wildman–Crippen MR) is 137 cm³/mol. The predicted octanol–water partition coefficient (Wildman–Crippen LogP) is 5.48. The molecule has 0 atom stereocenters. The molecule has 0 N–H and O–H groups in total. The number of rotatable bonds is 8. The van der Waals surface area contributed by atoms with Crippen LogP contribution in [0.15, 0.2) is 62.4 Å². The van der Waals surface area contributed by atoms with Crippen molar-refractivity contribution in [3.05, 3.63) is 79.6 Å². The summed E-state index contributed by atoms with van der Waals surface area (Å²) in [6, 6.07) is 12.4. The van der Waals surface area contributed by atoms with E-state index in [1.165, 1.54) is 29.7 Å². The van der Waals surface area contributed by atoms with Gasteiger partial charge in [0.1, 0.15) is 4.92 Å². The summed E-state index contributed by atoms with van der Waals surface area (Å²) in [6.07, 6.45) is 1.41. The average Bonchev–Trinajstić information content (AvgIpc) is 3.51. The third kappa shape index (κ3) is 5.01. The summed E-state index contributed by atoms with van der Waals surface area (Å²) in [7, 11) is 4.64. The molecule has 0 aliphatic rings. The van der Waals surface area contributed by atoms with Crippen molar-refractivity contribution >= 4 is 29.1 Å². The van der Waals surface area contributed by atoms with E-state index in [2.05, 4.69) is 5.10 Å². The zero-order valence-corrected chi connectivity index (χ0v) is 21.2. The third-order valence-electron chi connectivity index (χ3n) is 5.32. The lowest BCUT2D eigenvalue weighted by atomic mass is 10.1. The van der Waals surface area contributed by atoms with Gasteiger partial charge in [0, 0.05) is 10.9 Å². The highest BCUT2D eigenvalue weighted by Gasteiger charge is 2.17. The average molecular weight is 509 g/mol. The van der Waals surface area contributed by atoms with Crippen LogP contribution < -0.4 is 19.0 Å². The fourth-order valence-corrected chi connectivity index (χ4v) is 4.33. The van der Waals surface area contributed by atoms with E-state index >= 15 is 0 Å². The maximum absolute atomic E-state index is 11.0. The Morgan fingerprint density at radius 1 is 1.03 bits per heavy atom. The monoisotopic (exact) mass is 508 g/mol. The lowest BCUT2D eigenvalue weighted by Gasteiger charge is -2.14. The van der Waals surface area contributed by atoms with Crippen molar-refractivity contribution in [2.24, 2.45) is 10.1 Å². The first-order chi connectivity index (χ1) is 17.3. The molecule has 0 radical (unpaired) electrons. The number of hydrogen-bond acceptors (Lipinski definition) is 9. The molecule has 2 heterocycles. The summed E-state index contributed by atoms with van der Waals surface area (Å²) in [5.41, 5.74) is 4.34. The van der Waals surface area contributed by atoms with Gasteiger partial charge in [0.05, 0.1) is 45.0 Å². The number of benzene rings is 2. The van der Waals surface area contributed by atoms with E-state index in [-0.39, 0.29) is 11.6 Å². The summed E-state index contributed by atoms with van der Waals surface area (Å²) >= 11 is 1.39. The van der Waals surface area contributed by atoms with Crippen molar-refractivity contribution < 1.29 is 23.6 Å². The van der Waals surface area contributed by atoms with Crippen LogP contribution in [-0.4, -0.2) is 37.1 Å². The molecule has 0 unspecified atom stereocenters. The van der Waals surface area contributed by atoms with Gasteiger partial charge in [0.25, 0.3) is 0 Å². The van der Waals surface area contributed by atoms with Gasteiger partial charge >= 0.3 is 5.88 Å². The van der Waals surface area contributed by atoms with Crippen molar-refractivity contribution in [3.8, 4) is 28.5 Å². The molecule has 11 heteroatoms. The van der Waals surface area contributed by atoms with Crippen LogP contribution in [0.25, 0.3) is 11.3 Å². The number of methoxy groups -OCH3 is 3. The molecule has 0 saturated carbocycles. The number of nitrogens with zero attached hydrogens (tertiary/aromatic N) is 4.